The van der Waals surface area contributed by atoms with Crippen molar-refractivity contribution in [3.8, 4) is 11.5 Å². The molecule has 0 amide bonds. The normalized spacial score (nSPS) is 17.1. The summed E-state index contributed by atoms with van der Waals surface area (Å²) in [6.07, 6.45) is 4.69. The Balaban J connectivity index is 1.87. The van der Waals surface area contributed by atoms with Crippen LogP contribution in [-0.2, 0) is 12.6 Å². The molecule has 3 aromatic heterocycles. The average Bonchev–Trinajstić information content (AvgIpc) is 3.04. The molecule has 1 aliphatic carbocycles. The van der Waals surface area contributed by atoms with Gasteiger partial charge in [0.1, 0.15) is 0 Å². The Labute approximate surface area is 121 Å². The lowest BCUT2D eigenvalue weighted by molar-refractivity contribution is 0.229. The van der Waals surface area contributed by atoms with Crippen LogP contribution in [0.15, 0.2) is 16.8 Å². The lowest BCUT2D eigenvalue weighted by atomic mass is 9.77. The fourth-order valence-electron chi connectivity index (χ4n) is 2.73. The highest BCUT2D eigenvalue weighted by Gasteiger charge is 2.39. The van der Waals surface area contributed by atoms with Crippen LogP contribution in [0.5, 0.6) is 0 Å². The number of nitrogens with two attached hydrogens (primary N) is 1. The zero-order valence-electron chi connectivity index (χ0n) is 12.0. The average molecular weight is 284 g/mol. The van der Waals surface area contributed by atoms with Gasteiger partial charge in [0, 0.05) is 12.7 Å². The maximum atomic E-state index is 6.25. The molecule has 0 unspecified atom stereocenters. The standard InChI is InChI=1S/C14H16N6O/c1-8-6-9(10-7-16-20(2)11(10)17-8)12-18-13(19-21-12)14(15)4-3-5-14/h6-7H,3-5,15H2,1-2H3. The summed E-state index contributed by atoms with van der Waals surface area (Å²) < 4.78 is 7.17. The minimum absolute atomic E-state index is 0.419. The van der Waals surface area contributed by atoms with Crippen LogP contribution < -0.4 is 5.73 Å². The van der Waals surface area contributed by atoms with E-state index < -0.39 is 5.54 Å². The van der Waals surface area contributed by atoms with E-state index in [1.165, 1.54) is 0 Å². The molecule has 0 aliphatic heterocycles. The molecule has 1 saturated carbocycles. The molecule has 4 rings (SSSR count). The van der Waals surface area contributed by atoms with Crippen molar-refractivity contribution in [2.75, 3.05) is 0 Å². The molecule has 3 heterocycles. The molecule has 0 aromatic carbocycles. The second-order valence-corrected chi connectivity index (χ2v) is 5.75. The summed E-state index contributed by atoms with van der Waals surface area (Å²) in [5.41, 5.74) is 8.37. The van der Waals surface area contributed by atoms with Crippen molar-refractivity contribution in [2.45, 2.75) is 31.7 Å². The molecule has 0 bridgehead atoms. The monoisotopic (exact) mass is 284 g/mol. The van der Waals surface area contributed by atoms with E-state index in [2.05, 4.69) is 20.2 Å². The minimum Gasteiger partial charge on any atom is -0.334 e. The number of aromatic nitrogens is 5. The van der Waals surface area contributed by atoms with Gasteiger partial charge in [0.25, 0.3) is 5.89 Å². The summed E-state index contributed by atoms with van der Waals surface area (Å²) in [6, 6.07) is 1.94. The quantitative estimate of drug-likeness (QED) is 0.769. The van der Waals surface area contributed by atoms with Crippen LogP contribution in [0.4, 0.5) is 0 Å². The zero-order valence-corrected chi connectivity index (χ0v) is 12.0. The first-order chi connectivity index (χ1) is 10.1. The molecule has 7 heteroatoms. The van der Waals surface area contributed by atoms with E-state index in [0.29, 0.717) is 11.7 Å². The Morgan fingerprint density at radius 2 is 2.14 bits per heavy atom. The first kappa shape index (κ1) is 12.5. The Hall–Kier alpha value is -2.28. The van der Waals surface area contributed by atoms with E-state index in [9.17, 15) is 0 Å². The molecule has 2 N–H and O–H groups in total. The number of rotatable bonds is 2. The van der Waals surface area contributed by atoms with Crippen molar-refractivity contribution in [3.63, 3.8) is 0 Å². The van der Waals surface area contributed by atoms with Gasteiger partial charge in [-0.25, -0.2) is 4.98 Å². The van der Waals surface area contributed by atoms with Crippen LogP contribution in [0.2, 0.25) is 0 Å². The number of fused-ring (bicyclic) bond motifs is 1. The molecule has 0 saturated heterocycles. The van der Waals surface area contributed by atoms with Gasteiger partial charge in [0.15, 0.2) is 11.5 Å². The Morgan fingerprint density at radius 3 is 2.86 bits per heavy atom. The van der Waals surface area contributed by atoms with Gasteiger partial charge in [-0.15, -0.1) is 0 Å². The van der Waals surface area contributed by atoms with Gasteiger partial charge < -0.3 is 10.3 Å². The Kier molecular flexibility index (Phi) is 2.44. The molecular weight excluding hydrogens is 268 g/mol. The van der Waals surface area contributed by atoms with E-state index in [1.54, 1.807) is 10.9 Å². The first-order valence-electron chi connectivity index (χ1n) is 7.00. The summed E-state index contributed by atoms with van der Waals surface area (Å²) in [6.45, 7) is 1.93. The van der Waals surface area contributed by atoms with Gasteiger partial charge in [0.05, 0.1) is 22.7 Å². The summed E-state index contributed by atoms with van der Waals surface area (Å²) in [7, 11) is 1.86. The fraction of sp³-hybridized carbons (Fsp3) is 0.429. The third kappa shape index (κ3) is 1.77. The highest BCUT2D eigenvalue weighted by molar-refractivity contribution is 5.90. The largest absolute Gasteiger partial charge is 0.334 e. The number of pyridine rings is 1. The van der Waals surface area contributed by atoms with Gasteiger partial charge in [-0.1, -0.05) is 5.16 Å². The summed E-state index contributed by atoms with van der Waals surface area (Å²) >= 11 is 0. The van der Waals surface area contributed by atoms with E-state index in [1.807, 2.05) is 20.0 Å². The minimum atomic E-state index is -0.419. The van der Waals surface area contributed by atoms with E-state index in [0.717, 1.165) is 41.6 Å². The molecule has 1 fully saturated rings. The van der Waals surface area contributed by atoms with Gasteiger partial charge in [-0.2, -0.15) is 10.1 Å². The van der Waals surface area contributed by atoms with Gasteiger partial charge in [-0.05, 0) is 32.3 Å². The van der Waals surface area contributed by atoms with Crippen molar-refractivity contribution in [1.82, 2.24) is 24.9 Å². The van der Waals surface area contributed by atoms with Crippen LogP contribution in [0.25, 0.3) is 22.5 Å². The first-order valence-corrected chi connectivity index (χ1v) is 7.00. The number of hydrogen-bond donors (Lipinski definition) is 1. The zero-order chi connectivity index (χ0) is 14.6. The third-order valence-corrected chi connectivity index (χ3v) is 4.18. The lowest BCUT2D eigenvalue weighted by Gasteiger charge is -2.34. The van der Waals surface area contributed by atoms with Crippen molar-refractivity contribution >= 4 is 11.0 Å². The summed E-state index contributed by atoms with van der Waals surface area (Å²) in [4.78, 5) is 9.00. The maximum absolute atomic E-state index is 6.25. The molecule has 0 atom stereocenters. The molecular formula is C14H16N6O. The number of aryl methyl sites for hydroxylation is 2. The molecule has 108 valence electrons. The molecule has 3 aromatic rings. The topological polar surface area (TPSA) is 95.6 Å². The van der Waals surface area contributed by atoms with Crippen LogP contribution in [0.3, 0.4) is 0 Å². The summed E-state index contributed by atoms with van der Waals surface area (Å²) in [5.74, 6) is 1.07. The van der Waals surface area contributed by atoms with Gasteiger partial charge in [0.2, 0.25) is 0 Å². The summed E-state index contributed by atoms with van der Waals surface area (Å²) in [5, 5.41) is 9.22. The molecule has 0 spiro atoms. The van der Waals surface area contributed by atoms with Crippen LogP contribution in [0, 0.1) is 6.92 Å². The molecule has 7 nitrogen and oxygen atoms in total. The van der Waals surface area contributed by atoms with Crippen LogP contribution in [-0.4, -0.2) is 24.9 Å². The highest BCUT2D eigenvalue weighted by Crippen LogP contribution is 2.38. The van der Waals surface area contributed by atoms with Gasteiger partial charge in [-0.3, -0.25) is 4.68 Å². The van der Waals surface area contributed by atoms with Crippen molar-refractivity contribution in [3.05, 3.63) is 23.8 Å². The molecule has 21 heavy (non-hydrogen) atoms. The van der Waals surface area contributed by atoms with E-state index in [-0.39, 0.29) is 0 Å². The number of nitrogens with zero attached hydrogens (tertiary/aromatic N) is 5. The van der Waals surface area contributed by atoms with Gasteiger partial charge >= 0.3 is 0 Å². The third-order valence-electron chi connectivity index (χ3n) is 4.18. The van der Waals surface area contributed by atoms with Crippen LogP contribution >= 0.6 is 0 Å². The van der Waals surface area contributed by atoms with Crippen LogP contribution in [0.1, 0.15) is 30.8 Å². The fourth-order valence-corrected chi connectivity index (χ4v) is 2.73. The smallest absolute Gasteiger partial charge is 0.258 e. The Morgan fingerprint density at radius 1 is 1.33 bits per heavy atom. The van der Waals surface area contributed by atoms with E-state index in [4.69, 9.17) is 10.3 Å². The SMILES string of the molecule is Cc1cc(-c2nc(C3(N)CCC3)no2)c2cnn(C)c2n1. The van der Waals surface area contributed by atoms with E-state index >= 15 is 0 Å². The molecule has 0 radical (unpaired) electrons. The Bertz CT molecular complexity index is 829. The van der Waals surface area contributed by atoms with Crippen molar-refractivity contribution in [2.24, 2.45) is 12.8 Å². The number of hydrogen-bond acceptors (Lipinski definition) is 6. The van der Waals surface area contributed by atoms with Crippen molar-refractivity contribution < 1.29 is 4.52 Å². The maximum Gasteiger partial charge on any atom is 0.258 e. The predicted molar refractivity (Wildman–Crippen MR) is 76.3 cm³/mol. The second kappa shape index (κ2) is 4.11. The highest BCUT2D eigenvalue weighted by atomic mass is 16.5. The lowest BCUT2D eigenvalue weighted by Crippen LogP contribution is -2.44. The van der Waals surface area contributed by atoms with Crippen molar-refractivity contribution in [1.29, 1.82) is 0 Å². The predicted octanol–water partition coefficient (Wildman–Crippen LogP) is 1.66. The second-order valence-electron chi connectivity index (χ2n) is 5.75. The molecule has 1 aliphatic rings.